The van der Waals surface area contributed by atoms with Gasteiger partial charge < -0.3 is 5.73 Å². The van der Waals surface area contributed by atoms with E-state index in [-0.39, 0.29) is 5.54 Å². The molecule has 0 heterocycles. The van der Waals surface area contributed by atoms with Gasteiger partial charge in [-0.15, -0.1) is 0 Å². The molecule has 2 bridgehead atoms. The Morgan fingerprint density at radius 2 is 1.94 bits per heavy atom. The highest BCUT2D eigenvalue weighted by Crippen LogP contribution is 2.53. The summed E-state index contributed by atoms with van der Waals surface area (Å²) < 4.78 is 0. The Labute approximate surface area is 100 Å². The summed E-state index contributed by atoms with van der Waals surface area (Å²) in [6.07, 6.45) is 11.3. The van der Waals surface area contributed by atoms with Gasteiger partial charge in [0.2, 0.25) is 0 Å². The SMILES string of the molecule is CC1(C)CCC(N)(CC2CC3CCC2C3)C1. The Hall–Kier alpha value is -0.0400. The van der Waals surface area contributed by atoms with Crippen LogP contribution in [0.15, 0.2) is 0 Å². The number of nitrogens with two attached hydrogens (primary N) is 1. The summed E-state index contributed by atoms with van der Waals surface area (Å²) >= 11 is 0. The summed E-state index contributed by atoms with van der Waals surface area (Å²) in [6.45, 7) is 4.78. The van der Waals surface area contributed by atoms with E-state index in [0.717, 1.165) is 17.8 Å². The fourth-order valence-corrected chi connectivity index (χ4v) is 5.04. The minimum absolute atomic E-state index is 0.193. The van der Waals surface area contributed by atoms with Crippen LogP contribution in [-0.2, 0) is 0 Å². The molecule has 3 rings (SSSR count). The monoisotopic (exact) mass is 221 g/mol. The molecule has 0 radical (unpaired) electrons. The molecule has 2 N–H and O–H groups in total. The highest BCUT2D eigenvalue weighted by atomic mass is 14.8. The van der Waals surface area contributed by atoms with E-state index in [1.807, 2.05) is 0 Å². The van der Waals surface area contributed by atoms with E-state index in [9.17, 15) is 0 Å². The van der Waals surface area contributed by atoms with Crippen molar-refractivity contribution in [2.45, 2.75) is 70.8 Å². The maximum Gasteiger partial charge on any atom is 0.0162 e. The van der Waals surface area contributed by atoms with E-state index < -0.39 is 0 Å². The van der Waals surface area contributed by atoms with Crippen molar-refractivity contribution >= 4 is 0 Å². The van der Waals surface area contributed by atoms with Crippen LogP contribution >= 0.6 is 0 Å². The third-order valence-electron chi connectivity index (χ3n) is 5.68. The molecule has 16 heavy (non-hydrogen) atoms. The van der Waals surface area contributed by atoms with Crippen LogP contribution in [-0.4, -0.2) is 5.54 Å². The standard InChI is InChI=1S/C15H27N/c1-14(2)5-6-15(16,10-14)9-13-8-11-3-4-12(13)7-11/h11-13H,3-10,16H2,1-2H3. The van der Waals surface area contributed by atoms with Crippen molar-refractivity contribution in [3.63, 3.8) is 0 Å². The van der Waals surface area contributed by atoms with Gasteiger partial charge in [-0.25, -0.2) is 0 Å². The average molecular weight is 221 g/mol. The molecule has 4 atom stereocenters. The molecule has 3 aliphatic rings. The van der Waals surface area contributed by atoms with Gasteiger partial charge in [-0.2, -0.15) is 0 Å². The second-order valence-corrected chi connectivity index (χ2v) is 7.84. The lowest BCUT2D eigenvalue weighted by molar-refractivity contribution is 0.228. The third kappa shape index (κ3) is 1.92. The van der Waals surface area contributed by atoms with Gasteiger partial charge in [-0.1, -0.05) is 20.3 Å². The zero-order valence-corrected chi connectivity index (χ0v) is 11.0. The molecule has 92 valence electrons. The van der Waals surface area contributed by atoms with Gasteiger partial charge in [0.25, 0.3) is 0 Å². The van der Waals surface area contributed by atoms with Gasteiger partial charge in [0, 0.05) is 5.54 Å². The molecule has 3 saturated carbocycles. The fraction of sp³-hybridized carbons (Fsp3) is 1.00. The molecule has 1 heteroatoms. The summed E-state index contributed by atoms with van der Waals surface area (Å²) in [4.78, 5) is 0. The molecule has 0 aromatic carbocycles. The van der Waals surface area contributed by atoms with Crippen molar-refractivity contribution in [2.24, 2.45) is 28.9 Å². The van der Waals surface area contributed by atoms with Crippen LogP contribution in [0.3, 0.4) is 0 Å². The van der Waals surface area contributed by atoms with Crippen LogP contribution < -0.4 is 5.73 Å². The third-order valence-corrected chi connectivity index (χ3v) is 5.68. The summed E-state index contributed by atoms with van der Waals surface area (Å²) in [5, 5.41) is 0. The van der Waals surface area contributed by atoms with E-state index in [1.54, 1.807) is 0 Å². The average Bonchev–Trinajstić information content (AvgIpc) is 2.80. The van der Waals surface area contributed by atoms with Crippen LogP contribution in [0.25, 0.3) is 0 Å². The lowest BCUT2D eigenvalue weighted by Crippen LogP contribution is -2.40. The second-order valence-electron chi connectivity index (χ2n) is 7.84. The molecule has 3 aliphatic carbocycles. The van der Waals surface area contributed by atoms with E-state index in [2.05, 4.69) is 13.8 Å². The topological polar surface area (TPSA) is 26.0 Å². The molecule has 0 aliphatic heterocycles. The molecule has 3 fully saturated rings. The summed E-state index contributed by atoms with van der Waals surface area (Å²) in [5.74, 6) is 3.11. The largest absolute Gasteiger partial charge is 0.325 e. The Morgan fingerprint density at radius 1 is 1.12 bits per heavy atom. The first-order valence-electron chi connectivity index (χ1n) is 7.25. The molecular weight excluding hydrogens is 194 g/mol. The van der Waals surface area contributed by atoms with Gasteiger partial charge in [-0.05, 0) is 68.1 Å². The van der Waals surface area contributed by atoms with E-state index in [0.29, 0.717) is 5.41 Å². The van der Waals surface area contributed by atoms with Crippen LogP contribution in [0, 0.1) is 23.2 Å². The van der Waals surface area contributed by atoms with Gasteiger partial charge in [0.05, 0.1) is 0 Å². The smallest absolute Gasteiger partial charge is 0.0162 e. The first-order valence-corrected chi connectivity index (χ1v) is 7.25. The second kappa shape index (κ2) is 3.48. The normalized spacial score (nSPS) is 50.1. The molecule has 0 saturated heterocycles. The number of hydrogen-bond acceptors (Lipinski definition) is 1. The van der Waals surface area contributed by atoms with Gasteiger partial charge in [0.15, 0.2) is 0 Å². The van der Waals surface area contributed by atoms with Crippen LogP contribution in [0.4, 0.5) is 0 Å². The number of rotatable bonds is 2. The van der Waals surface area contributed by atoms with E-state index >= 15 is 0 Å². The van der Waals surface area contributed by atoms with Crippen molar-refractivity contribution in [3.8, 4) is 0 Å². The van der Waals surface area contributed by atoms with Crippen molar-refractivity contribution in [1.29, 1.82) is 0 Å². The van der Waals surface area contributed by atoms with Gasteiger partial charge in [-0.3, -0.25) is 0 Å². The predicted octanol–water partition coefficient (Wildman–Crippen LogP) is 3.72. The lowest BCUT2D eigenvalue weighted by Gasteiger charge is -2.33. The van der Waals surface area contributed by atoms with Crippen molar-refractivity contribution < 1.29 is 0 Å². The molecule has 4 unspecified atom stereocenters. The summed E-state index contributed by atoms with van der Waals surface area (Å²) in [6, 6.07) is 0. The number of hydrogen-bond donors (Lipinski definition) is 1. The highest BCUT2D eigenvalue weighted by molar-refractivity contribution is 5.01. The molecule has 0 aromatic heterocycles. The summed E-state index contributed by atoms with van der Waals surface area (Å²) in [7, 11) is 0. The van der Waals surface area contributed by atoms with Crippen molar-refractivity contribution in [3.05, 3.63) is 0 Å². The van der Waals surface area contributed by atoms with E-state index in [1.165, 1.54) is 51.4 Å². The fourth-order valence-electron chi connectivity index (χ4n) is 5.04. The van der Waals surface area contributed by atoms with Gasteiger partial charge in [0.1, 0.15) is 0 Å². The van der Waals surface area contributed by atoms with Crippen molar-refractivity contribution in [1.82, 2.24) is 0 Å². The summed E-state index contributed by atoms with van der Waals surface area (Å²) in [5.41, 5.74) is 7.35. The molecule has 0 amide bonds. The minimum Gasteiger partial charge on any atom is -0.325 e. The Balaban J connectivity index is 1.63. The maximum atomic E-state index is 6.65. The van der Waals surface area contributed by atoms with Gasteiger partial charge >= 0.3 is 0 Å². The molecular formula is C15H27N. The number of fused-ring (bicyclic) bond motifs is 2. The maximum absolute atomic E-state index is 6.65. The van der Waals surface area contributed by atoms with Crippen LogP contribution in [0.5, 0.6) is 0 Å². The molecule has 0 aromatic rings. The Bertz CT molecular complexity index is 283. The Kier molecular flexibility index (Phi) is 2.41. The first kappa shape index (κ1) is 11.1. The molecule has 0 spiro atoms. The first-order chi connectivity index (χ1) is 7.46. The van der Waals surface area contributed by atoms with Crippen LogP contribution in [0.2, 0.25) is 0 Å². The van der Waals surface area contributed by atoms with Crippen LogP contribution in [0.1, 0.15) is 65.2 Å². The lowest BCUT2D eigenvalue weighted by atomic mass is 9.77. The quantitative estimate of drug-likeness (QED) is 0.755. The minimum atomic E-state index is 0.193. The predicted molar refractivity (Wildman–Crippen MR) is 68.1 cm³/mol. The Morgan fingerprint density at radius 3 is 2.44 bits per heavy atom. The molecule has 1 nitrogen and oxygen atoms in total. The zero-order chi connectivity index (χ0) is 11.4. The van der Waals surface area contributed by atoms with Crippen molar-refractivity contribution in [2.75, 3.05) is 0 Å². The van der Waals surface area contributed by atoms with E-state index in [4.69, 9.17) is 5.73 Å². The highest BCUT2D eigenvalue weighted by Gasteiger charge is 2.46. The zero-order valence-electron chi connectivity index (χ0n) is 11.0.